The van der Waals surface area contributed by atoms with Gasteiger partial charge in [-0.05, 0) is 25.5 Å². The Morgan fingerprint density at radius 2 is 2.22 bits per heavy atom. The molecule has 5 nitrogen and oxygen atoms in total. The summed E-state index contributed by atoms with van der Waals surface area (Å²) in [4.78, 5) is 14.8. The third kappa shape index (κ3) is 4.24. The molecule has 0 radical (unpaired) electrons. The van der Waals surface area contributed by atoms with Crippen LogP contribution in [-0.4, -0.2) is 22.1 Å². The molecule has 0 aromatic carbocycles. The number of rotatable bonds is 7. The maximum absolute atomic E-state index is 10.8. The monoisotopic (exact) mass is 251 g/mol. The van der Waals surface area contributed by atoms with Gasteiger partial charge in [0.15, 0.2) is 5.69 Å². The molecule has 0 saturated carbocycles. The van der Waals surface area contributed by atoms with E-state index in [9.17, 15) is 4.79 Å². The van der Waals surface area contributed by atoms with Crippen LogP contribution in [0.3, 0.4) is 0 Å². The van der Waals surface area contributed by atoms with Crippen molar-refractivity contribution in [1.29, 1.82) is 0 Å². The molecular formula is C13H21N3O2. The van der Waals surface area contributed by atoms with E-state index in [0.29, 0.717) is 11.5 Å². The lowest BCUT2D eigenvalue weighted by atomic mass is 10.1. The molecule has 0 fully saturated rings. The number of hydrogen-bond acceptors (Lipinski definition) is 4. The van der Waals surface area contributed by atoms with Gasteiger partial charge in [0.25, 0.3) is 0 Å². The van der Waals surface area contributed by atoms with Crippen LogP contribution in [0.25, 0.3) is 0 Å². The number of aromatic carboxylic acids is 1. The first-order chi connectivity index (χ1) is 8.54. The second kappa shape index (κ2) is 6.83. The molecule has 1 unspecified atom stereocenters. The van der Waals surface area contributed by atoms with Crippen molar-refractivity contribution < 1.29 is 9.90 Å². The Balaban J connectivity index is 2.65. The number of carboxylic acids is 1. The van der Waals surface area contributed by atoms with Crippen molar-refractivity contribution in [2.24, 2.45) is 0 Å². The van der Waals surface area contributed by atoms with Crippen LogP contribution in [0.15, 0.2) is 12.1 Å². The second-order valence-electron chi connectivity index (χ2n) is 4.48. The fourth-order valence-electron chi connectivity index (χ4n) is 1.71. The van der Waals surface area contributed by atoms with Gasteiger partial charge in [-0.1, -0.05) is 26.2 Å². The topological polar surface area (TPSA) is 88.2 Å². The van der Waals surface area contributed by atoms with E-state index >= 15 is 0 Å². The molecule has 1 atom stereocenters. The van der Waals surface area contributed by atoms with Crippen LogP contribution in [0.2, 0.25) is 0 Å². The Labute approximate surface area is 107 Å². The van der Waals surface area contributed by atoms with E-state index in [0.717, 1.165) is 12.8 Å². The van der Waals surface area contributed by atoms with Crippen LogP contribution >= 0.6 is 0 Å². The third-order valence-corrected chi connectivity index (χ3v) is 2.77. The summed E-state index contributed by atoms with van der Waals surface area (Å²) in [6.07, 6.45) is 4.54. The molecule has 1 aromatic rings. The minimum absolute atomic E-state index is 0.00691. The van der Waals surface area contributed by atoms with Gasteiger partial charge in [0.2, 0.25) is 0 Å². The number of carbonyl (C=O) groups is 1. The molecule has 18 heavy (non-hydrogen) atoms. The zero-order valence-electron chi connectivity index (χ0n) is 10.9. The van der Waals surface area contributed by atoms with Gasteiger partial charge in [0.1, 0.15) is 5.82 Å². The van der Waals surface area contributed by atoms with Gasteiger partial charge in [-0.15, -0.1) is 0 Å². The van der Waals surface area contributed by atoms with Crippen molar-refractivity contribution in [3.8, 4) is 0 Å². The smallest absolute Gasteiger partial charge is 0.354 e. The molecule has 0 aliphatic carbocycles. The zero-order chi connectivity index (χ0) is 13.5. The van der Waals surface area contributed by atoms with E-state index in [4.69, 9.17) is 10.8 Å². The normalized spacial score (nSPS) is 12.1. The fraction of sp³-hybridized carbons (Fsp3) is 0.538. The van der Waals surface area contributed by atoms with Gasteiger partial charge in [-0.2, -0.15) is 0 Å². The van der Waals surface area contributed by atoms with Crippen LogP contribution < -0.4 is 11.1 Å². The summed E-state index contributed by atoms with van der Waals surface area (Å²) in [6.45, 7) is 4.21. The Morgan fingerprint density at radius 1 is 1.50 bits per heavy atom. The van der Waals surface area contributed by atoms with Gasteiger partial charge in [-0.3, -0.25) is 0 Å². The summed E-state index contributed by atoms with van der Waals surface area (Å²) >= 11 is 0. The summed E-state index contributed by atoms with van der Waals surface area (Å²) < 4.78 is 0. The summed E-state index contributed by atoms with van der Waals surface area (Å²) in [5.41, 5.74) is 6.26. The fourth-order valence-corrected chi connectivity index (χ4v) is 1.71. The highest BCUT2D eigenvalue weighted by molar-refractivity contribution is 5.86. The van der Waals surface area contributed by atoms with Gasteiger partial charge in [0.05, 0.1) is 5.69 Å². The molecule has 1 rings (SSSR count). The van der Waals surface area contributed by atoms with Crippen molar-refractivity contribution in [3.63, 3.8) is 0 Å². The van der Waals surface area contributed by atoms with Gasteiger partial charge < -0.3 is 16.2 Å². The van der Waals surface area contributed by atoms with E-state index in [1.165, 1.54) is 18.9 Å². The lowest BCUT2D eigenvalue weighted by Gasteiger charge is -2.16. The first-order valence-electron chi connectivity index (χ1n) is 6.31. The number of nitrogens with one attached hydrogen (secondary N) is 1. The van der Waals surface area contributed by atoms with Gasteiger partial charge in [0, 0.05) is 6.04 Å². The van der Waals surface area contributed by atoms with Crippen LogP contribution in [0, 0.1) is 0 Å². The minimum Gasteiger partial charge on any atom is -0.477 e. The predicted octanol–water partition coefficient (Wildman–Crippen LogP) is 2.74. The van der Waals surface area contributed by atoms with Crippen LogP contribution in [0.5, 0.6) is 0 Å². The first kappa shape index (κ1) is 14.3. The molecule has 0 saturated heterocycles. The number of pyridine rings is 1. The van der Waals surface area contributed by atoms with E-state index < -0.39 is 5.97 Å². The number of aromatic nitrogens is 1. The van der Waals surface area contributed by atoms with Crippen LogP contribution in [0.1, 0.15) is 50.0 Å². The van der Waals surface area contributed by atoms with Crippen molar-refractivity contribution in [2.45, 2.75) is 45.6 Å². The summed E-state index contributed by atoms with van der Waals surface area (Å²) in [7, 11) is 0. The first-order valence-corrected chi connectivity index (χ1v) is 6.31. The molecule has 0 aliphatic rings. The SMILES string of the molecule is CCCCCC(C)Nc1nc(C(=O)O)ccc1N. The average Bonchev–Trinajstić information content (AvgIpc) is 2.32. The zero-order valence-corrected chi connectivity index (χ0v) is 10.9. The average molecular weight is 251 g/mol. The number of nitrogen functional groups attached to an aromatic ring is 1. The van der Waals surface area contributed by atoms with E-state index in [-0.39, 0.29) is 11.7 Å². The largest absolute Gasteiger partial charge is 0.477 e. The van der Waals surface area contributed by atoms with Gasteiger partial charge >= 0.3 is 5.97 Å². The van der Waals surface area contributed by atoms with Crippen molar-refractivity contribution >= 4 is 17.5 Å². The maximum Gasteiger partial charge on any atom is 0.354 e. The summed E-state index contributed by atoms with van der Waals surface area (Å²) in [6, 6.07) is 3.21. The Hall–Kier alpha value is -1.78. The quantitative estimate of drug-likeness (QED) is 0.648. The summed E-state index contributed by atoms with van der Waals surface area (Å²) in [5, 5.41) is 12.0. The van der Waals surface area contributed by atoms with E-state index in [1.807, 2.05) is 6.92 Å². The molecule has 0 bridgehead atoms. The molecule has 0 aliphatic heterocycles. The number of nitrogens with two attached hydrogens (primary N) is 1. The molecule has 4 N–H and O–H groups in total. The van der Waals surface area contributed by atoms with Crippen molar-refractivity contribution in [2.75, 3.05) is 11.1 Å². The summed E-state index contributed by atoms with van der Waals surface area (Å²) in [5.74, 6) is -0.587. The number of hydrogen-bond donors (Lipinski definition) is 3. The highest BCUT2D eigenvalue weighted by Gasteiger charge is 2.10. The third-order valence-electron chi connectivity index (χ3n) is 2.77. The standard InChI is InChI=1S/C13H21N3O2/c1-3-4-5-6-9(2)15-12-10(14)7-8-11(16-12)13(17)18/h7-9H,3-6,14H2,1-2H3,(H,15,16)(H,17,18). The highest BCUT2D eigenvalue weighted by Crippen LogP contribution is 2.18. The number of anilines is 2. The Bertz CT molecular complexity index is 407. The number of carboxylic acid groups (broad SMARTS) is 1. The number of unbranched alkanes of at least 4 members (excludes halogenated alkanes) is 2. The molecule has 1 aromatic heterocycles. The van der Waals surface area contributed by atoms with Gasteiger partial charge in [-0.25, -0.2) is 9.78 Å². The van der Waals surface area contributed by atoms with E-state index in [2.05, 4.69) is 17.2 Å². The Kier molecular flexibility index (Phi) is 5.42. The molecule has 1 heterocycles. The lowest BCUT2D eigenvalue weighted by molar-refractivity contribution is 0.0690. The second-order valence-corrected chi connectivity index (χ2v) is 4.48. The number of nitrogens with zero attached hydrogens (tertiary/aromatic N) is 1. The van der Waals surface area contributed by atoms with Crippen molar-refractivity contribution in [3.05, 3.63) is 17.8 Å². The lowest BCUT2D eigenvalue weighted by Crippen LogP contribution is -2.18. The molecular weight excluding hydrogens is 230 g/mol. The predicted molar refractivity (Wildman–Crippen MR) is 72.8 cm³/mol. The molecule has 0 amide bonds. The highest BCUT2D eigenvalue weighted by atomic mass is 16.4. The Morgan fingerprint density at radius 3 is 2.83 bits per heavy atom. The van der Waals surface area contributed by atoms with Crippen molar-refractivity contribution in [1.82, 2.24) is 4.98 Å². The molecule has 100 valence electrons. The van der Waals surface area contributed by atoms with E-state index in [1.54, 1.807) is 6.07 Å². The van der Waals surface area contributed by atoms with Crippen LogP contribution in [-0.2, 0) is 0 Å². The molecule has 5 heteroatoms. The molecule has 0 spiro atoms. The maximum atomic E-state index is 10.8. The minimum atomic E-state index is -1.04. The van der Waals surface area contributed by atoms with Crippen LogP contribution in [0.4, 0.5) is 11.5 Å².